The number of carbonyl (C=O) groups is 2. The van der Waals surface area contributed by atoms with Gasteiger partial charge in [0.1, 0.15) is 6.10 Å². The highest BCUT2D eigenvalue weighted by Gasteiger charge is 2.34. The lowest BCUT2D eigenvalue weighted by Gasteiger charge is -2.39. The third-order valence-corrected chi connectivity index (χ3v) is 6.32. The number of piperidine rings is 1. The number of ether oxygens (including phenoxy) is 1. The van der Waals surface area contributed by atoms with E-state index in [0.717, 1.165) is 51.9 Å². The predicted molar refractivity (Wildman–Crippen MR) is 108 cm³/mol. The van der Waals surface area contributed by atoms with Gasteiger partial charge in [-0.15, -0.1) is 0 Å². The molecule has 1 aromatic rings. The van der Waals surface area contributed by atoms with Crippen LogP contribution in [0.15, 0.2) is 24.3 Å². The van der Waals surface area contributed by atoms with Gasteiger partial charge in [0, 0.05) is 57.5 Å². The summed E-state index contributed by atoms with van der Waals surface area (Å²) in [6.45, 7) is 7.48. The van der Waals surface area contributed by atoms with E-state index in [1.807, 2.05) is 9.80 Å². The van der Waals surface area contributed by atoms with Crippen LogP contribution in [-0.4, -0.2) is 73.6 Å². The van der Waals surface area contributed by atoms with E-state index in [2.05, 4.69) is 36.1 Å². The van der Waals surface area contributed by atoms with Crippen molar-refractivity contribution in [2.45, 2.75) is 38.7 Å². The second-order valence-electron chi connectivity index (χ2n) is 8.25. The van der Waals surface area contributed by atoms with Crippen molar-refractivity contribution in [1.29, 1.82) is 0 Å². The summed E-state index contributed by atoms with van der Waals surface area (Å²) in [7, 11) is 0. The largest absolute Gasteiger partial charge is 0.368 e. The van der Waals surface area contributed by atoms with Crippen LogP contribution < -0.4 is 4.90 Å². The molecule has 6 nitrogen and oxygen atoms in total. The third kappa shape index (κ3) is 4.17. The SMILES string of the molecule is Cc1cccc(N2CCN(C(=O)C3CCN(C(=O)C4CCCO4)CC3)CC2)c1. The van der Waals surface area contributed by atoms with Crippen molar-refractivity contribution in [2.24, 2.45) is 5.92 Å². The molecule has 3 aliphatic rings. The van der Waals surface area contributed by atoms with Crippen LogP contribution in [0, 0.1) is 12.8 Å². The Bertz CT molecular complexity index is 701. The van der Waals surface area contributed by atoms with Gasteiger partial charge in [-0.05, 0) is 50.3 Å². The first-order chi connectivity index (χ1) is 13.6. The standard InChI is InChI=1S/C22H31N3O3/c1-17-4-2-5-19(16-17)23-11-13-25(14-12-23)21(26)18-7-9-24(10-8-18)22(27)20-6-3-15-28-20/h2,4-5,16,18,20H,3,6-15H2,1H3. The van der Waals surface area contributed by atoms with Gasteiger partial charge >= 0.3 is 0 Å². The Labute approximate surface area is 167 Å². The molecule has 28 heavy (non-hydrogen) atoms. The van der Waals surface area contributed by atoms with E-state index in [0.29, 0.717) is 19.7 Å². The van der Waals surface area contributed by atoms with Crippen LogP contribution in [0.25, 0.3) is 0 Å². The van der Waals surface area contributed by atoms with E-state index in [-0.39, 0.29) is 23.8 Å². The van der Waals surface area contributed by atoms with Gasteiger partial charge in [0.2, 0.25) is 5.91 Å². The number of anilines is 1. The molecule has 4 rings (SSSR count). The van der Waals surface area contributed by atoms with Crippen LogP contribution in [-0.2, 0) is 14.3 Å². The van der Waals surface area contributed by atoms with Crippen molar-refractivity contribution < 1.29 is 14.3 Å². The summed E-state index contributed by atoms with van der Waals surface area (Å²) in [5.41, 5.74) is 2.51. The predicted octanol–water partition coefficient (Wildman–Crippen LogP) is 2.06. The van der Waals surface area contributed by atoms with Gasteiger partial charge < -0.3 is 19.4 Å². The molecular weight excluding hydrogens is 354 g/mol. The van der Waals surface area contributed by atoms with Gasteiger partial charge in [-0.3, -0.25) is 9.59 Å². The summed E-state index contributed by atoms with van der Waals surface area (Å²) in [5.74, 6) is 0.447. The highest BCUT2D eigenvalue weighted by molar-refractivity contribution is 5.82. The van der Waals surface area contributed by atoms with E-state index < -0.39 is 0 Å². The van der Waals surface area contributed by atoms with Crippen molar-refractivity contribution in [2.75, 3.05) is 50.8 Å². The Balaban J connectivity index is 1.25. The van der Waals surface area contributed by atoms with Gasteiger partial charge in [0.25, 0.3) is 5.91 Å². The molecular formula is C22H31N3O3. The first-order valence-electron chi connectivity index (χ1n) is 10.6. The molecule has 2 amide bonds. The van der Waals surface area contributed by atoms with E-state index in [1.54, 1.807) is 0 Å². The Hall–Kier alpha value is -2.08. The van der Waals surface area contributed by atoms with Crippen LogP contribution in [0.3, 0.4) is 0 Å². The molecule has 3 heterocycles. The van der Waals surface area contributed by atoms with Gasteiger partial charge in [-0.2, -0.15) is 0 Å². The molecule has 0 saturated carbocycles. The Morgan fingerprint density at radius 1 is 0.929 bits per heavy atom. The lowest BCUT2D eigenvalue weighted by molar-refractivity contribution is -0.146. The molecule has 3 saturated heterocycles. The number of rotatable bonds is 3. The maximum Gasteiger partial charge on any atom is 0.251 e. The van der Waals surface area contributed by atoms with Crippen LogP contribution in [0.1, 0.15) is 31.2 Å². The Kier molecular flexibility index (Phi) is 5.85. The Morgan fingerprint density at radius 2 is 1.64 bits per heavy atom. The average Bonchev–Trinajstić information content (AvgIpc) is 3.28. The third-order valence-electron chi connectivity index (χ3n) is 6.32. The van der Waals surface area contributed by atoms with Crippen LogP contribution in [0.5, 0.6) is 0 Å². The molecule has 1 aromatic carbocycles. The number of amides is 2. The van der Waals surface area contributed by atoms with Gasteiger partial charge in [-0.25, -0.2) is 0 Å². The zero-order chi connectivity index (χ0) is 19.5. The topological polar surface area (TPSA) is 53.1 Å². The summed E-state index contributed by atoms with van der Waals surface area (Å²) in [5, 5.41) is 0. The maximum atomic E-state index is 13.0. The normalized spacial score (nSPS) is 23.9. The molecule has 152 valence electrons. The van der Waals surface area contributed by atoms with E-state index in [1.165, 1.54) is 11.3 Å². The number of piperazine rings is 1. The number of carbonyl (C=O) groups excluding carboxylic acids is 2. The van der Waals surface area contributed by atoms with E-state index in [4.69, 9.17) is 4.74 Å². The van der Waals surface area contributed by atoms with Crippen molar-refractivity contribution in [3.63, 3.8) is 0 Å². The highest BCUT2D eigenvalue weighted by atomic mass is 16.5. The number of aryl methyl sites for hydroxylation is 1. The minimum atomic E-state index is -0.248. The minimum absolute atomic E-state index is 0.0547. The molecule has 0 N–H and O–H groups in total. The minimum Gasteiger partial charge on any atom is -0.368 e. The molecule has 0 spiro atoms. The second kappa shape index (κ2) is 8.52. The van der Waals surface area contributed by atoms with Gasteiger partial charge in [0.15, 0.2) is 0 Å². The molecule has 3 aliphatic heterocycles. The zero-order valence-electron chi connectivity index (χ0n) is 16.8. The molecule has 3 fully saturated rings. The zero-order valence-corrected chi connectivity index (χ0v) is 16.8. The molecule has 1 unspecified atom stereocenters. The quantitative estimate of drug-likeness (QED) is 0.799. The van der Waals surface area contributed by atoms with Gasteiger partial charge in [-0.1, -0.05) is 12.1 Å². The number of hydrogen-bond donors (Lipinski definition) is 0. The van der Waals surface area contributed by atoms with Gasteiger partial charge in [0.05, 0.1) is 0 Å². The fourth-order valence-corrected chi connectivity index (χ4v) is 4.59. The van der Waals surface area contributed by atoms with E-state index >= 15 is 0 Å². The average molecular weight is 386 g/mol. The van der Waals surface area contributed by atoms with Crippen LogP contribution in [0.4, 0.5) is 5.69 Å². The van der Waals surface area contributed by atoms with Crippen molar-refractivity contribution in [1.82, 2.24) is 9.80 Å². The summed E-state index contributed by atoms with van der Waals surface area (Å²) in [6.07, 6.45) is 3.11. The van der Waals surface area contributed by atoms with Crippen LogP contribution >= 0.6 is 0 Å². The molecule has 0 radical (unpaired) electrons. The molecule has 0 aromatic heterocycles. The van der Waals surface area contributed by atoms with Crippen molar-refractivity contribution in [3.8, 4) is 0 Å². The fraction of sp³-hybridized carbons (Fsp3) is 0.636. The highest BCUT2D eigenvalue weighted by Crippen LogP contribution is 2.24. The van der Waals surface area contributed by atoms with Crippen molar-refractivity contribution in [3.05, 3.63) is 29.8 Å². The van der Waals surface area contributed by atoms with Crippen molar-refractivity contribution >= 4 is 17.5 Å². The number of nitrogens with zero attached hydrogens (tertiary/aromatic N) is 3. The first-order valence-corrected chi connectivity index (χ1v) is 10.6. The Morgan fingerprint density at radius 3 is 2.29 bits per heavy atom. The summed E-state index contributed by atoms with van der Waals surface area (Å²) in [6, 6.07) is 8.55. The monoisotopic (exact) mass is 385 g/mol. The first kappa shape index (κ1) is 19.2. The summed E-state index contributed by atoms with van der Waals surface area (Å²) in [4.78, 5) is 31.7. The lowest BCUT2D eigenvalue weighted by atomic mass is 9.94. The summed E-state index contributed by atoms with van der Waals surface area (Å²) < 4.78 is 5.52. The molecule has 1 atom stereocenters. The molecule has 6 heteroatoms. The lowest BCUT2D eigenvalue weighted by Crippen LogP contribution is -2.52. The number of benzene rings is 1. The van der Waals surface area contributed by atoms with Crippen LogP contribution in [0.2, 0.25) is 0 Å². The summed E-state index contributed by atoms with van der Waals surface area (Å²) >= 11 is 0. The fourth-order valence-electron chi connectivity index (χ4n) is 4.59. The van der Waals surface area contributed by atoms with E-state index in [9.17, 15) is 9.59 Å². The number of hydrogen-bond acceptors (Lipinski definition) is 4. The number of likely N-dealkylation sites (tertiary alicyclic amines) is 1. The second-order valence-corrected chi connectivity index (χ2v) is 8.25. The molecule has 0 aliphatic carbocycles. The smallest absolute Gasteiger partial charge is 0.251 e. The molecule has 0 bridgehead atoms. The maximum absolute atomic E-state index is 13.0.